The number of nitrogens with zero attached hydrogens (tertiary/aromatic N) is 1. The van der Waals surface area contributed by atoms with E-state index in [1.54, 1.807) is 6.26 Å². The normalized spacial score (nSPS) is 29.7. The standard InChI is InChI=1S/C20H33N3O3/c1-20(10-3-2-8-18(20)24)15-23-19(22-14-17-7-5-13-26-17)21-11-9-16-6-4-12-25-16/h4,6,12,17-18,24H,2-3,5,7-11,13-15H2,1H3,(H2,21,22,23). The average Bonchev–Trinajstić information content (AvgIpc) is 3.33. The zero-order chi connectivity index (χ0) is 18.2. The molecule has 3 N–H and O–H groups in total. The minimum absolute atomic E-state index is 0.127. The van der Waals surface area contributed by atoms with Gasteiger partial charge in [0.15, 0.2) is 5.96 Å². The highest BCUT2D eigenvalue weighted by atomic mass is 16.5. The van der Waals surface area contributed by atoms with Crippen molar-refractivity contribution in [2.45, 2.75) is 64.1 Å². The number of ether oxygens (including phenoxy) is 1. The smallest absolute Gasteiger partial charge is 0.191 e. The number of aliphatic imine (C=N–C) groups is 1. The topological polar surface area (TPSA) is 79.0 Å². The van der Waals surface area contributed by atoms with Crippen molar-refractivity contribution in [1.82, 2.24) is 10.6 Å². The Bertz CT molecular complexity index is 555. The van der Waals surface area contributed by atoms with Crippen LogP contribution in [0, 0.1) is 5.41 Å². The van der Waals surface area contributed by atoms with Crippen molar-refractivity contribution in [3.63, 3.8) is 0 Å². The lowest BCUT2D eigenvalue weighted by Gasteiger charge is -2.37. The summed E-state index contributed by atoms with van der Waals surface area (Å²) in [6.07, 6.45) is 8.96. The summed E-state index contributed by atoms with van der Waals surface area (Å²) in [4.78, 5) is 4.80. The van der Waals surface area contributed by atoms with Crippen molar-refractivity contribution in [2.75, 3.05) is 26.2 Å². The lowest BCUT2D eigenvalue weighted by Crippen LogP contribution is -2.44. The summed E-state index contributed by atoms with van der Waals surface area (Å²) in [7, 11) is 0. The summed E-state index contributed by atoms with van der Waals surface area (Å²) in [5.74, 6) is 1.76. The van der Waals surface area contributed by atoms with E-state index in [9.17, 15) is 5.11 Å². The van der Waals surface area contributed by atoms with Gasteiger partial charge in [-0.25, -0.2) is 0 Å². The van der Waals surface area contributed by atoms with E-state index < -0.39 is 0 Å². The van der Waals surface area contributed by atoms with E-state index in [-0.39, 0.29) is 17.6 Å². The quantitative estimate of drug-likeness (QED) is 0.512. The third-order valence-electron chi connectivity index (χ3n) is 5.64. The monoisotopic (exact) mass is 363 g/mol. The predicted molar refractivity (Wildman–Crippen MR) is 102 cm³/mol. The van der Waals surface area contributed by atoms with Crippen LogP contribution >= 0.6 is 0 Å². The fraction of sp³-hybridized carbons (Fsp3) is 0.750. The highest BCUT2D eigenvalue weighted by Gasteiger charge is 2.35. The second-order valence-corrected chi connectivity index (χ2v) is 7.85. The van der Waals surface area contributed by atoms with Gasteiger partial charge in [0.1, 0.15) is 5.76 Å². The van der Waals surface area contributed by atoms with Gasteiger partial charge in [-0.05, 0) is 37.8 Å². The Balaban J connectivity index is 1.54. The Labute approximate surface area is 156 Å². The van der Waals surface area contributed by atoms with E-state index in [4.69, 9.17) is 14.1 Å². The van der Waals surface area contributed by atoms with Crippen LogP contribution in [0.4, 0.5) is 0 Å². The second kappa shape index (κ2) is 9.42. The Morgan fingerprint density at radius 1 is 1.31 bits per heavy atom. The summed E-state index contributed by atoms with van der Waals surface area (Å²) < 4.78 is 11.1. The molecule has 146 valence electrons. The molecule has 6 heteroatoms. The molecule has 0 bridgehead atoms. The van der Waals surface area contributed by atoms with Gasteiger partial charge in [-0.2, -0.15) is 0 Å². The molecule has 1 saturated carbocycles. The molecule has 1 aliphatic carbocycles. The van der Waals surface area contributed by atoms with Crippen LogP contribution in [-0.2, 0) is 11.2 Å². The fourth-order valence-corrected chi connectivity index (χ4v) is 3.77. The molecule has 3 atom stereocenters. The van der Waals surface area contributed by atoms with E-state index in [2.05, 4.69) is 17.6 Å². The average molecular weight is 364 g/mol. The largest absolute Gasteiger partial charge is 0.469 e. The van der Waals surface area contributed by atoms with Crippen LogP contribution in [0.3, 0.4) is 0 Å². The summed E-state index contributed by atoms with van der Waals surface area (Å²) in [5, 5.41) is 17.2. The number of furan rings is 1. The molecular weight excluding hydrogens is 330 g/mol. The lowest BCUT2D eigenvalue weighted by atomic mass is 9.73. The van der Waals surface area contributed by atoms with Gasteiger partial charge in [0.2, 0.25) is 0 Å². The van der Waals surface area contributed by atoms with E-state index in [1.165, 1.54) is 6.42 Å². The predicted octanol–water partition coefficient (Wildman–Crippen LogP) is 2.48. The summed E-state index contributed by atoms with van der Waals surface area (Å²) >= 11 is 0. The van der Waals surface area contributed by atoms with Crippen LogP contribution in [0.1, 0.15) is 51.2 Å². The molecule has 1 aromatic heterocycles. The number of aliphatic hydroxyl groups is 1. The number of guanidine groups is 1. The first-order valence-electron chi connectivity index (χ1n) is 10.00. The van der Waals surface area contributed by atoms with Gasteiger partial charge >= 0.3 is 0 Å². The molecule has 0 amide bonds. The first-order valence-corrected chi connectivity index (χ1v) is 10.00. The molecule has 3 rings (SSSR count). The van der Waals surface area contributed by atoms with Crippen molar-refractivity contribution in [3.8, 4) is 0 Å². The molecule has 3 unspecified atom stereocenters. The van der Waals surface area contributed by atoms with Gasteiger partial charge in [0, 0.05) is 31.5 Å². The van der Waals surface area contributed by atoms with Gasteiger partial charge < -0.3 is 24.9 Å². The maximum absolute atomic E-state index is 10.4. The van der Waals surface area contributed by atoms with E-state index in [0.717, 1.165) is 69.9 Å². The molecule has 0 aromatic carbocycles. The Hall–Kier alpha value is -1.53. The molecule has 2 heterocycles. The molecular formula is C20H33N3O3. The van der Waals surface area contributed by atoms with Crippen molar-refractivity contribution in [2.24, 2.45) is 10.4 Å². The van der Waals surface area contributed by atoms with Crippen LogP contribution in [0.2, 0.25) is 0 Å². The molecule has 0 radical (unpaired) electrons. The van der Waals surface area contributed by atoms with E-state index in [0.29, 0.717) is 6.54 Å². The van der Waals surface area contributed by atoms with Crippen molar-refractivity contribution in [3.05, 3.63) is 24.2 Å². The minimum atomic E-state index is -0.262. The second-order valence-electron chi connectivity index (χ2n) is 7.85. The molecule has 1 aliphatic heterocycles. The Morgan fingerprint density at radius 2 is 2.23 bits per heavy atom. The van der Waals surface area contributed by atoms with Crippen LogP contribution in [-0.4, -0.2) is 49.5 Å². The van der Waals surface area contributed by atoms with Gasteiger partial charge in [-0.15, -0.1) is 0 Å². The minimum Gasteiger partial charge on any atom is -0.469 e. The highest BCUT2D eigenvalue weighted by molar-refractivity contribution is 5.79. The SMILES string of the molecule is CC1(CN=C(NCCc2ccco2)NCC2CCCO2)CCCCC1O. The molecule has 26 heavy (non-hydrogen) atoms. The zero-order valence-corrected chi connectivity index (χ0v) is 15.9. The molecule has 1 aromatic rings. The van der Waals surface area contributed by atoms with Gasteiger partial charge in [0.25, 0.3) is 0 Å². The number of nitrogens with one attached hydrogen (secondary N) is 2. The zero-order valence-electron chi connectivity index (χ0n) is 15.9. The Kier molecular flexibility index (Phi) is 6.97. The maximum atomic E-state index is 10.4. The number of rotatable bonds is 7. The summed E-state index contributed by atoms with van der Waals surface area (Å²) in [5.41, 5.74) is -0.127. The molecule has 2 fully saturated rings. The first-order chi connectivity index (χ1) is 12.7. The molecule has 0 spiro atoms. The maximum Gasteiger partial charge on any atom is 0.191 e. The van der Waals surface area contributed by atoms with Gasteiger partial charge in [-0.1, -0.05) is 19.8 Å². The Morgan fingerprint density at radius 3 is 2.96 bits per heavy atom. The fourth-order valence-electron chi connectivity index (χ4n) is 3.77. The summed E-state index contributed by atoms with van der Waals surface area (Å²) in [6, 6.07) is 3.89. The van der Waals surface area contributed by atoms with Crippen LogP contribution < -0.4 is 10.6 Å². The summed E-state index contributed by atoms with van der Waals surface area (Å²) in [6.45, 7) is 5.17. The van der Waals surface area contributed by atoms with Crippen molar-refractivity contribution >= 4 is 5.96 Å². The number of hydrogen-bond acceptors (Lipinski definition) is 4. The van der Waals surface area contributed by atoms with Crippen LogP contribution in [0.15, 0.2) is 27.8 Å². The lowest BCUT2D eigenvalue weighted by molar-refractivity contribution is 0.00714. The molecule has 2 aliphatic rings. The third kappa shape index (κ3) is 5.48. The molecule has 6 nitrogen and oxygen atoms in total. The van der Waals surface area contributed by atoms with Crippen molar-refractivity contribution in [1.29, 1.82) is 0 Å². The van der Waals surface area contributed by atoms with Crippen LogP contribution in [0.5, 0.6) is 0 Å². The highest BCUT2D eigenvalue weighted by Crippen LogP contribution is 2.36. The third-order valence-corrected chi connectivity index (χ3v) is 5.64. The van der Waals surface area contributed by atoms with E-state index >= 15 is 0 Å². The molecule has 1 saturated heterocycles. The van der Waals surface area contributed by atoms with E-state index in [1.807, 2.05) is 12.1 Å². The van der Waals surface area contributed by atoms with Gasteiger partial charge in [0.05, 0.1) is 25.0 Å². The van der Waals surface area contributed by atoms with Crippen molar-refractivity contribution < 1.29 is 14.3 Å². The van der Waals surface area contributed by atoms with Crippen LogP contribution in [0.25, 0.3) is 0 Å². The first kappa shape index (κ1) is 19.2. The van der Waals surface area contributed by atoms with Gasteiger partial charge in [-0.3, -0.25) is 4.99 Å². The number of aliphatic hydroxyl groups excluding tert-OH is 1. The number of hydrogen-bond donors (Lipinski definition) is 3.